The number of halogens is 1. The summed E-state index contributed by atoms with van der Waals surface area (Å²) in [5.74, 6) is -0.968. The molecule has 3 aromatic carbocycles. The van der Waals surface area contributed by atoms with Crippen LogP contribution in [-0.2, 0) is 10.0 Å². The van der Waals surface area contributed by atoms with Crippen molar-refractivity contribution in [3.63, 3.8) is 0 Å². The van der Waals surface area contributed by atoms with E-state index >= 15 is 0 Å². The lowest BCUT2D eigenvalue weighted by Crippen LogP contribution is -2.15. The molecule has 0 aliphatic rings. The molecule has 29 heavy (non-hydrogen) atoms. The highest BCUT2D eigenvalue weighted by Gasteiger charge is 2.15. The summed E-state index contributed by atoms with van der Waals surface area (Å²) in [6, 6.07) is 16.7. The van der Waals surface area contributed by atoms with Crippen molar-refractivity contribution in [1.29, 1.82) is 0 Å². The molecule has 0 radical (unpaired) electrons. The first-order valence-corrected chi connectivity index (χ1v) is 10.0. The Morgan fingerprint density at radius 2 is 1.28 bits per heavy atom. The topological polar surface area (TPSA) is 92.3 Å². The minimum atomic E-state index is -3.88. The molecule has 8 heteroatoms. The monoisotopic (exact) mass is 412 g/mol. The van der Waals surface area contributed by atoms with Crippen LogP contribution in [0.1, 0.15) is 27.6 Å². The summed E-state index contributed by atoms with van der Waals surface area (Å²) in [7, 11) is -3.88. The van der Waals surface area contributed by atoms with Crippen molar-refractivity contribution >= 4 is 33.1 Å². The van der Waals surface area contributed by atoms with Crippen LogP contribution in [0.15, 0.2) is 77.7 Å². The molecule has 3 rings (SSSR count). The van der Waals surface area contributed by atoms with E-state index in [-0.39, 0.29) is 21.9 Å². The summed E-state index contributed by atoms with van der Waals surface area (Å²) in [6.45, 7) is 1.45. The number of ketones is 1. The smallest absolute Gasteiger partial charge is 0.261 e. The van der Waals surface area contributed by atoms with Crippen molar-refractivity contribution in [2.75, 3.05) is 10.0 Å². The Morgan fingerprint density at radius 3 is 1.83 bits per heavy atom. The lowest BCUT2D eigenvalue weighted by molar-refractivity contribution is 0.101. The number of Topliss-reactive ketones (excluding diaryl/α,β-unsaturated/α-hetero) is 1. The van der Waals surface area contributed by atoms with Crippen LogP contribution in [0.3, 0.4) is 0 Å². The van der Waals surface area contributed by atoms with Crippen LogP contribution in [-0.4, -0.2) is 20.1 Å². The molecule has 1 amide bonds. The molecule has 0 atom stereocenters. The van der Waals surface area contributed by atoms with Gasteiger partial charge in [0.1, 0.15) is 5.82 Å². The van der Waals surface area contributed by atoms with Crippen LogP contribution in [0, 0.1) is 5.82 Å². The van der Waals surface area contributed by atoms with E-state index in [0.29, 0.717) is 11.3 Å². The Hall–Kier alpha value is -3.52. The van der Waals surface area contributed by atoms with Gasteiger partial charge in [-0.1, -0.05) is 0 Å². The average molecular weight is 412 g/mol. The van der Waals surface area contributed by atoms with Crippen LogP contribution in [0.5, 0.6) is 0 Å². The van der Waals surface area contributed by atoms with Crippen molar-refractivity contribution in [2.24, 2.45) is 0 Å². The molecule has 0 saturated carbocycles. The Kier molecular flexibility index (Phi) is 5.74. The van der Waals surface area contributed by atoms with Gasteiger partial charge in [0.05, 0.1) is 4.90 Å². The van der Waals surface area contributed by atoms with Crippen LogP contribution < -0.4 is 10.0 Å². The molecule has 0 aliphatic carbocycles. The number of hydrogen-bond donors (Lipinski definition) is 2. The van der Waals surface area contributed by atoms with Crippen molar-refractivity contribution in [2.45, 2.75) is 11.8 Å². The number of amides is 1. The lowest BCUT2D eigenvalue weighted by Gasteiger charge is -2.09. The van der Waals surface area contributed by atoms with Crippen LogP contribution in [0.2, 0.25) is 0 Å². The summed E-state index contributed by atoms with van der Waals surface area (Å²) in [4.78, 5) is 23.6. The van der Waals surface area contributed by atoms with Gasteiger partial charge >= 0.3 is 0 Å². The SMILES string of the molecule is CC(=O)c1ccc(NC(=O)c2ccc(S(=O)(=O)Nc3ccc(F)cc3)cc2)cc1. The molecule has 2 N–H and O–H groups in total. The number of hydrogen-bond acceptors (Lipinski definition) is 4. The summed E-state index contributed by atoms with van der Waals surface area (Å²) in [5.41, 5.74) is 1.53. The third-order valence-corrected chi connectivity index (χ3v) is 5.47. The molecule has 0 bridgehead atoms. The fourth-order valence-corrected chi connectivity index (χ4v) is 3.57. The zero-order valence-corrected chi connectivity index (χ0v) is 16.2. The van der Waals surface area contributed by atoms with E-state index in [1.54, 1.807) is 24.3 Å². The maximum absolute atomic E-state index is 12.9. The number of sulfonamides is 1. The Balaban J connectivity index is 1.70. The van der Waals surface area contributed by atoms with Crippen molar-refractivity contribution in [1.82, 2.24) is 0 Å². The summed E-state index contributed by atoms with van der Waals surface area (Å²) in [6.07, 6.45) is 0. The predicted molar refractivity (Wildman–Crippen MR) is 108 cm³/mol. The van der Waals surface area contributed by atoms with Crippen LogP contribution in [0.25, 0.3) is 0 Å². The van der Waals surface area contributed by atoms with E-state index in [0.717, 1.165) is 12.1 Å². The number of benzene rings is 3. The highest BCUT2D eigenvalue weighted by atomic mass is 32.2. The average Bonchev–Trinajstić information content (AvgIpc) is 2.70. The van der Waals surface area contributed by atoms with Crippen LogP contribution in [0.4, 0.5) is 15.8 Å². The Labute approximate surface area is 167 Å². The first-order chi connectivity index (χ1) is 13.7. The minimum absolute atomic E-state index is 0.0378. The third kappa shape index (κ3) is 5.05. The second-order valence-corrected chi connectivity index (χ2v) is 7.91. The fourth-order valence-electron chi connectivity index (χ4n) is 2.51. The normalized spacial score (nSPS) is 11.0. The maximum Gasteiger partial charge on any atom is 0.261 e. The second kappa shape index (κ2) is 8.24. The van der Waals surface area contributed by atoms with Gasteiger partial charge < -0.3 is 5.32 Å². The third-order valence-electron chi connectivity index (χ3n) is 4.07. The van der Waals surface area contributed by atoms with Crippen molar-refractivity contribution in [3.8, 4) is 0 Å². The van der Waals surface area contributed by atoms with Crippen molar-refractivity contribution in [3.05, 3.63) is 89.7 Å². The molecule has 0 aliphatic heterocycles. The molecule has 0 spiro atoms. The number of carbonyl (C=O) groups excluding carboxylic acids is 2. The lowest BCUT2D eigenvalue weighted by atomic mass is 10.1. The van der Waals surface area contributed by atoms with E-state index in [4.69, 9.17) is 0 Å². The van der Waals surface area contributed by atoms with Gasteiger partial charge in [-0.05, 0) is 79.7 Å². The van der Waals surface area contributed by atoms with Gasteiger partial charge in [0.15, 0.2) is 5.78 Å². The van der Waals surface area contributed by atoms with Gasteiger partial charge in [0.2, 0.25) is 0 Å². The summed E-state index contributed by atoms with van der Waals surface area (Å²) >= 11 is 0. The van der Waals surface area contributed by atoms with Gasteiger partial charge in [-0.15, -0.1) is 0 Å². The van der Waals surface area contributed by atoms with Gasteiger partial charge in [-0.2, -0.15) is 0 Å². The molecule has 0 heterocycles. The number of carbonyl (C=O) groups is 2. The molecule has 0 unspecified atom stereocenters. The van der Waals surface area contributed by atoms with E-state index < -0.39 is 21.7 Å². The second-order valence-electron chi connectivity index (χ2n) is 6.22. The number of nitrogens with one attached hydrogen (secondary N) is 2. The fraction of sp³-hybridized carbons (Fsp3) is 0.0476. The molecule has 6 nitrogen and oxygen atoms in total. The molecule has 148 valence electrons. The summed E-state index contributed by atoms with van der Waals surface area (Å²) < 4.78 is 40.1. The standard InChI is InChI=1S/C21H17FN2O4S/c1-14(25)15-2-8-18(9-3-15)23-21(26)16-4-12-20(13-5-16)29(27,28)24-19-10-6-17(22)7-11-19/h2-13,24H,1H3,(H,23,26). The zero-order chi connectivity index (χ0) is 21.0. The molecule has 0 saturated heterocycles. The quantitative estimate of drug-likeness (QED) is 0.597. The molecular weight excluding hydrogens is 395 g/mol. The first-order valence-electron chi connectivity index (χ1n) is 8.55. The maximum atomic E-state index is 12.9. The van der Waals surface area contributed by atoms with Crippen LogP contribution >= 0.6 is 0 Å². The van der Waals surface area contributed by atoms with Gasteiger partial charge in [-0.25, -0.2) is 12.8 Å². The Morgan fingerprint density at radius 1 is 0.759 bits per heavy atom. The Bertz CT molecular complexity index is 1140. The first kappa shape index (κ1) is 20.2. The predicted octanol–water partition coefficient (Wildman–Crippen LogP) is 4.08. The zero-order valence-electron chi connectivity index (χ0n) is 15.3. The number of rotatable bonds is 6. The minimum Gasteiger partial charge on any atom is -0.322 e. The molecule has 0 aromatic heterocycles. The molecule has 3 aromatic rings. The van der Waals surface area contributed by atoms with Gasteiger partial charge in [0, 0.05) is 22.5 Å². The highest BCUT2D eigenvalue weighted by Crippen LogP contribution is 2.18. The largest absolute Gasteiger partial charge is 0.322 e. The van der Waals surface area contributed by atoms with Crippen molar-refractivity contribution < 1.29 is 22.4 Å². The van der Waals surface area contributed by atoms with E-state index in [1.165, 1.54) is 43.3 Å². The number of anilines is 2. The van der Waals surface area contributed by atoms with Gasteiger partial charge in [-0.3, -0.25) is 14.3 Å². The van der Waals surface area contributed by atoms with Gasteiger partial charge in [0.25, 0.3) is 15.9 Å². The van der Waals surface area contributed by atoms with E-state index in [2.05, 4.69) is 10.0 Å². The van der Waals surface area contributed by atoms with E-state index in [9.17, 15) is 22.4 Å². The molecule has 0 fully saturated rings. The van der Waals surface area contributed by atoms with E-state index in [1.807, 2.05) is 0 Å². The highest BCUT2D eigenvalue weighted by molar-refractivity contribution is 7.92. The molecular formula is C21H17FN2O4S. The summed E-state index contributed by atoms with van der Waals surface area (Å²) in [5, 5.41) is 2.68.